The first-order chi connectivity index (χ1) is 10.8. The average Bonchev–Trinajstić information content (AvgIpc) is 2.91. The van der Waals surface area contributed by atoms with Gasteiger partial charge in [0.25, 0.3) is 0 Å². The van der Waals surface area contributed by atoms with Crippen molar-refractivity contribution >= 4 is 23.3 Å². The van der Waals surface area contributed by atoms with Crippen molar-refractivity contribution in [1.29, 1.82) is 0 Å². The molecule has 0 N–H and O–H groups in total. The molecule has 7 nitrogen and oxygen atoms in total. The van der Waals surface area contributed by atoms with Gasteiger partial charge in [-0.2, -0.15) is 0 Å². The zero-order chi connectivity index (χ0) is 16.6. The highest BCUT2D eigenvalue weighted by Gasteiger charge is 2.30. The van der Waals surface area contributed by atoms with Gasteiger partial charge in [-0.25, -0.2) is 4.79 Å². The van der Waals surface area contributed by atoms with Crippen molar-refractivity contribution < 1.29 is 9.53 Å². The predicted octanol–water partition coefficient (Wildman–Crippen LogP) is 2.89. The molecule has 3 heterocycles. The molecule has 2 aromatic heterocycles. The first kappa shape index (κ1) is 16.0. The van der Waals surface area contributed by atoms with Gasteiger partial charge in [0.05, 0.1) is 12.4 Å². The van der Waals surface area contributed by atoms with E-state index < -0.39 is 5.60 Å². The van der Waals surface area contributed by atoms with Crippen LogP contribution in [0.3, 0.4) is 0 Å². The molecule has 1 aliphatic rings. The molecule has 1 aliphatic heterocycles. The molecule has 0 aliphatic carbocycles. The highest BCUT2D eigenvalue weighted by atomic mass is 35.5. The molecule has 1 fully saturated rings. The summed E-state index contributed by atoms with van der Waals surface area (Å²) in [4.78, 5) is 18.0. The summed E-state index contributed by atoms with van der Waals surface area (Å²) in [5.41, 5.74) is 0.113. The monoisotopic (exact) mass is 337 g/mol. The Morgan fingerprint density at radius 3 is 2.87 bits per heavy atom. The summed E-state index contributed by atoms with van der Waals surface area (Å²) in [5, 5.41) is 8.84. The molecule has 1 saturated heterocycles. The van der Waals surface area contributed by atoms with Gasteiger partial charge in [0.2, 0.25) is 0 Å². The molecule has 0 spiro atoms. The van der Waals surface area contributed by atoms with E-state index in [-0.39, 0.29) is 12.0 Å². The number of carbonyl (C=O) groups is 1. The van der Waals surface area contributed by atoms with Crippen molar-refractivity contribution in [3.05, 3.63) is 23.4 Å². The lowest BCUT2D eigenvalue weighted by molar-refractivity contribution is 0.0195. The van der Waals surface area contributed by atoms with Gasteiger partial charge in [0, 0.05) is 19.0 Å². The molecule has 3 rings (SSSR count). The Hall–Kier alpha value is -1.89. The number of aromatic nitrogens is 4. The smallest absolute Gasteiger partial charge is 0.410 e. The van der Waals surface area contributed by atoms with Crippen molar-refractivity contribution in [2.24, 2.45) is 0 Å². The second-order valence-corrected chi connectivity index (χ2v) is 7.13. The summed E-state index contributed by atoms with van der Waals surface area (Å²) >= 11 is 6.22. The molecular formula is C15H20ClN5O2. The molecular weight excluding hydrogens is 318 g/mol. The van der Waals surface area contributed by atoms with Gasteiger partial charge in [0.1, 0.15) is 16.6 Å². The van der Waals surface area contributed by atoms with E-state index in [0.717, 1.165) is 18.7 Å². The van der Waals surface area contributed by atoms with Crippen LogP contribution in [0.5, 0.6) is 0 Å². The minimum Gasteiger partial charge on any atom is -0.444 e. The summed E-state index contributed by atoms with van der Waals surface area (Å²) in [6, 6.07) is 0. The molecule has 0 aromatic carbocycles. The fourth-order valence-electron chi connectivity index (χ4n) is 2.78. The van der Waals surface area contributed by atoms with Crippen LogP contribution in [-0.4, -0.2) is 49.3 Å². The molecule has 1 atom stereocenters. The number of ether oxygens (including phenoxy) is 1. The fourth-order valence-corrected chi connectivity index (χ4v) is 3.01. The largest absolute Gasteiger partial charge is 0.444 e. The van der Waals surface area contributed by atoms with E-state index >= 15 is 0 Å². The second kappa shape index (κ2) is 5.96. The van der Waals surface area contributed by atoms with Gasteiger partial charge in [-0.15, -0.1) is 10.2 Å². The van der Waals surface area contributed by atoms with Gasteiger partial charge in [-0.05, 0) is 33.6 Å². The van der Waals surface area contributed by atoms with Crippen LogP contribution in [-0.2, 0) is 4.74 Å². The van der Waals surface area contributed by atoms with Crippen LogP contribution in [0.15, 0.2) is 12.4 Å². The standard InChI is InChI=1S/C15H20ClN5O2/c1-15(2,3)23-14(22)20-6-4-5-10(9-20)13-19-18-12-8-17-7-11(16)21(12)13/h7-8,10H,4-6,9H2,1-3H3. The zero-order valence-corrected chi connectivity index (χ0v) is 14.2. The van der Waals surface area contributed by atoms with Gasteiger partial charge >= 0.3 is 6.09 Å². The second-order valence-electron chi connectivity index (χ2n) is 6.75. The van der Waals surface area contributed by atoms with Gasteiger partial charge in [0.15, 0.2) is 5.65 Å². The molecule has 0 radical (unpaired) electrons. The van der Waals surface area contributed by atoms with Crippen LogP contribution < -0.4 is 0 Å². The lowest BCUT2D eigenvalue weighted by atomic mass is 9.97. The molecule has 8 heteroatoms. The molecule has 0 saturated carbocycles. The normalized spacial score (nSPS) is 19.1. The van der Waals surface area contributed by atoms with Crippen molar-refractivity contribution in [2.45, 2.75) is 45.1 Å². The van der Waals surface area contributed by atoms with Gasteiger partial charge in [-0.3, -0.25) is 9.38 Å². The number of carbonyl (C=O) groups excluding carboxylic acids is 1. The van der Waals surface area contributed by atoms with E-state index in [1.165, 1.54) is 0 Å². The Bertz CT molecular complexity index is 724. The first-order valence-corrected chi connectivity index (χ1v) is 8.05. The van der Waals surface area contributed by atoms with E-state index in [9.17, 15) is 4.79 Å². The Labute approximate surface area is 139 Å². The summed E-state index contributed by atoms with van der Waals surface area (Å²) < 4.78 is 7.25. The van der Waals surface area contributed by atoms with Crippen LogP contribution >= 0.6 is 11.6 Å². The van der Waals surface area contributed by atoms with Crippen molar-refractivity contribution in [3.8, 4) is 0 Å². The lowest BCUT2D eigenvalue weighted by Crippen LogP contribution is -2.42. The van der Waals surface area contributed by atoms with Crippen LogP contribution in [0.25, 0.3) is 5.65 Å². The Morgan fingerprint density at radius 1 is 1.35 bits per heavy atom. The van der Waals surface area contributed by atoms with Crippen LogP contribution in [0.1, 0.15) is 45.4 Å². The number of fused-ring (bicyclic) bond motifs is 1. The number of amides is 1. The van der Waals surface area contributed by atoms with Crippen LogP contribution in [0.2, 0.25) is 5.15 Å². The average molecular weight is 338 g/mol. The van der Waals surface area contributed by atoms with Crippen LogP contribution in [0.4, 0.5) is 4.79 Å². The topological polar surface area (TPSA) is 72.6 Å². The SMILES string of the molecule is CC(C)(C)OC(=O)N1CCCC(c2nnc3cncc(Cl)n23)C1. The third kappa shape index (κ3) is 3.39. The fraction of sp³-hybridized carbons (Fsp3) is 0.600. The maximum absolute atomic E-state index is 12.3. The Balaban J connectivity index is 1.82. The Kier molecular flexibility index (Phi) is 4.14. The number of likely N-dealkylation sites (tertiary alicyclic amines) is 1. The number of nitrogens with zero attached hydrogens (tertiary/aromatic N) is 5. The molecule has 1 amide bonds. The maximum Gasteiger partial charge on any atom is 0.410 e. The summed E-state index contributed by atoms with van der Waals surface area (Å²) in [6.45, 7) is 6.84. The first-order valence-electron chi connectivity index (χ1n) is 7.67. The lowest BCUT2D eigenvalue weighted by Gasteiger charge is -2.33. The molecule has 0 bridgehead atoms. The van der Waals surface area contributed by atoms with Gasteiger partial charge < -0.3 is 9.64 Å². The number of halogens is 1. The minimum atomic E-state index is -0.499. The molecule has 1 unspecified atom stereocenters. The highest BCUT2D eigenvalue weighted by molar-refractivity contribution is 6.29. The summed E-state index contributed by atoms with van der Waals surface area (Å²) in [7, 11) is 0. The molecule has 124 valence electrons. The quantitative estimate of drug-likeness (QED) is 0.800. The number of piperidine rings is 1. The van der Waals surface area contributed by atoms with Crippen molar-refractivity contribution in [3.63, 3.8) is 0 Å². The third-order valence-electron chi connectivity index (χ3n) is 3.74. The van der Waals surface area contributed by atoms with Crippen molar-refractivity contribution in [2.75, 3.05) is 13.1 Å². The van der Waals surface area contributed by atoms with Crippen molar-refractivity contribution in [1.82, 2.24) is 24.5 Å². The summed E-state index contributed by atoms with van der Waals surface area (Å²) in [6.07, 6.45) is 4.72. The zero-order valence-electron chi connectivity index (χ0n) is 13.5. The molecule has 2 aromatic rings. The van der Waals surface area contributed by atoms with E-state index in [2.05, 4.69) is 15.2 Å². The molecule has 23 heavy (non-hydrogen) atoms. The third-order valence-corrected chi connectivity index (χ3v) is 4.00. The van der Waals surface area contributed by atoms with E-state index in [1.54, 1.807) is 21.7 Å². The van der Waals surface area contributed by atoms with E-state index in [4.69, 9.17) is 16.3 Å². The predicted molar refractivity (Wildman–Crippen MR) is 85.6 cm³/mol. The maximum atomic E-state index is 12.3. The van der Waals surface area contributed by atoms with E-state index in [0.29, 0.717) is 23.9 Å². The number of hydrogen-bond donors (Lipinski definition) is 0. The number of hydrogen-bond acceptors (Lipinski definition) is 5. The van der Waals surface area contributed by atoms with Gasteiger partial charge in [-0.1, -0.05) is 11.6 Å². The Morgan fingerprint density at radius 2 is 2.13 bits per heavy atom. The minimum absolute atomic E-state index is 0.0752. The number of rotatable bonds is 1. The van der Waals surface area contributed by atoms with E-state index in [1.807, 2.05) is 20.8 Å². The van der Waals surface area contributed by atoms with Crippen LogP contribution in [0, 0.1) is 0 Å². The summed E-state index contributed by atoms with van der Waals surface area (Å²) in [5.74, 6) is 0.840. The highest BCUT2D eigenvalue weighted by Crippen LogP contribution is 2.28.